The molecule has 0 aliphatic heterocycles. The molecule has 0 spiro atoms. The summed E-state index contributed by atoms with van der Waals surface area (Å²) in [4.78, 5) is 14.2. The molecule has 0 saturated heterocycles. The Morgan fingerprint density at radius 2 is 2.29 bits per heavy atom. The van der Waals surface area contributed by atoms with Gasteiger partial charge in [0.1, 0.15) is 6.10 Å². The van der Waals surface area contributed by atoms with Gasteiger partial charge in [0.2, 0.25) is 0 Å². The topological polar surface area (TPSA) is 70.4 Å². The SMILES string of the molecule is CC(=O)SCC(O)C(O)c1cnc(Cl)c(F)c1. The number of hydrogen-bond donors (Lipinski definition) is 2. The van der Waals surface area contributed by atoms with Gasteiger partial charge in [-0.25, -0.2) is 9.37 Å². The molecule has 4 nitrogen and oxygen atoms in total. The van der Waals surface area contributed by atoms with Crippen LogP contribution < -0.4 is 0 Å². The normalized spacial score (nSPS) is 14.4. The maximum absolute atomic E-state index is 13.1. The van der Waals surface area contributed by atoms with Crippen molar-refractivity contribution in [2.45, 2.75) is 19.1 Å². The second-order valence-electron chi connectivity index (χ2n) is 3.36. The van der Waals surface area contributed by atoms with Crippen LogP contribution in [0.2, 0.25) is 5.15 Å². The first-order valence-corrected chi connectivity index (χ1v) is 6.08. The molecule has 0 bridgehead atoms. The van der Waals surface area contributed by atoms with E-state index in [2.05, 4.69) is 4.98 Å². The fourth-order valence-corrected chi connectivity index (χ4v) is 1.80. The zero-order chi connectivity index (χ0) is 13.0. The summed E-state index contributed by atoms with van der Waals surface area (Å²) in [6, 6.07) is 1.00. The van der Waals surface area contributed by atoms with Crippen molar-refractivity contribution < 1.29 is 19.4 Å². The average Bonchev–Trinajstić information content (AvgIpc) is 2.28. The molecule has 0 aliphatic carbocycles. The summed E-state index contributed by atoms with van der Waals surface area (Å²) in [5.41, 5.74) is 0.114. The molecule has 0 radical (unpaired) electrons. The lowest BCUT2D eigenvalue weighted by molar-refractivity contribution is -0.109. The number of carbonyl (C=O) groups excluding carboxylic acids is 1. The fraction of sp³-hybridized carbons (Fsp3) is 0.400. The summed E-state index contributed by atoms with van der Waals surface area (Å²) in [5.74, 6) is -0.740. The third kappa shape index (κ3) is 4.23. The molecule has 0 fully saturated rings. The molecule has 0 saturated carbocycles. The summed E-state index contributed by atoms with van der Waals surface area (Å²) in [7, 11) is 0. The number of carbonyl (C=O) groups is 1. The van der Waals surface area contributed by atoms with E-state index in [1.807, 2.05) is 0 Å². The Labute approximate surface area is 107 Å². The van der Waals surface area contributed by atoms with Gasteiger partial charge in [0, 0.05) is 24.4 Å². The van der Waals surface area contributed by atoms with Crippen molar-refractivity contribution in [1.29, 1.82) is 0 Å². The number of aliphatic hydroxyl groups is 2. The van der Waals surface area contributed by atoms with Gasteiger partial charge in [-0.1, -0.05) is 23.4 Å². The Balaban J connectivity index is 2.70. The van der Waals surface area contributed by atoms with Crippen LogP contribution >= 0.6 is 23.4 Å². The van der Waals surface area contributed by atoms with Gasteiger partial charge in [-0.3, -0.25) is 4.79 Å². The molecule has 0 amide bonds. The first kappa shape index (κ1) is 14.4. The van der Waals surface area contributed by atoms with E-state index in [1.54, 1.807) is 0 Å². The zero-order valence-electron chi connectivity index (χ0n) is 8.93. The van der Waals surface area contributed by atoms with E-state index in [0.29, 0.717) is 0 Å². The molecule has 0 aromatic carbocycles. The zero-order valence-corrected chi connectivity index (χ0v) is 10.5. The minimum Gasteiger partial charge on any atom is -0.389 e. The Morgan fingerprint density at radius 1 is 1.65 bits per heavy atom. The van der Waals surface area contributed by atoms with Gasteiger partial charge in [0.15, 0.2) is 16.1 Å². The molecule has 2 atom stereocenters. The fourth-order valence-electron chi connectivity index (χ4n) is 1.11. The van der Waals surface area contributed by atoms with Crippen LogP contribution in [0.4, 0.5) is 4.39 Å². The van der Waals surface area contributed by atoms with Crippen LogP contribution in [0.3, 0.4) is 0 Å². The predicted octanol–water partition coefficient (Wildman–Crippen LogP) is 1.55. The molecule has 1 rings (SSSR count). The standard InChI is InChI=1S/C10H11ClFNO3S/c1-5(14)17-4-8(15)9(16)6-2-7(12)10(11)13-3-6/h2-3,8-9,15-16H,4H2,1H3. The van der Waals surface area contributed by atoms with Crippen molar-refractivity contribution in [3.8, 4) is 0 Å². The van der Waals surface area contributed by atoms with Gasteiger partial charge < -0.3 is 10.2 Å². The van der Waals surface area contributed by atoms with Crippen LogP contribution in [-0.2, 0) is 4.79 Å². The summed E-state index contributed by atoms with van der Waals surface area (Å²) >= 11 is 6.27. The number of aromatic nitrogens is 1. The van der Waals surface area contributed by atoms with Gasteiger partial charge in [-0.05, 0) is 6.07 Å². The van der Waals surface area contributed by atoms with Crippen molar-refractivity contribution in [3.63, 3.8) is 0 Å². The molecule has 2 N–H and O–H groups in total. The molecule has 2 unspecified atom stereocenters. The lowest BCUT2D eigenvalue weighted by Crippen LogP contribution is -2.21. The van der Waals surface area contributed by atoms with Crippen molar-refractivity contribution in [2.75, 3.05) is 5.75 Å². The number of aliphatic hydroxyl groups excluding tert-OH is 2. The van der Waals surface area contributed by atoms with Gasteiger partial charge in [0.25, 0.3) is 0 Å². The Hall–Kier alpha value is -0.690. The number of rotatable bonds is 4. The summed E-state index contributed by atoms with van der Waals surface area (Å²) in [6.07, 6.45) is -1.30. The first-order valence-electron chi connectivity index (χ1n) is 4.72. The maximum atomic E-state index is 13.1. The Kier molecular flexibility index (Phi) is 5.32. The molecule has 7 heteroatoms. The van der Waals surface area contributed by atoms with Gasteiger partial charge in [0.05, 0.1) is 6.10 Å². The van der Waals surface area contributed by atoms with E-state index >= 15 is 0 Å². The predicted molar refractivity (Wildman–Crippen MR) is 63.3 cm³/mol. The number of hydrogen-bond acceptors (Lipinski definition) is 5. The number of halogens is 2. The summed E-state index contributed by atoms with van der Waals surface area (Å²) in [5, 5.41) is 18.8. The van der Waals surface area contributed by atoms with Crippen molar-refractivity contribution in [3.05, 3.63) is 28.8 Å². The van der Waals surface area contributed by atoms with E-state index in [0.717, 1.165) is 17.8 Å². The Bertz CT molecular complexity index is 419. The van der Waals surface area contributed by atoms with E-state index in [-0.39, 0.29) is 21.6 Å². The minimum absolute atomic E-state index is 0.0285. The highest BCUT2D eigenvalue weighted by Gasteiger charge is 2.20. The second kappa shape index (κ2) is 6.30. The van der Waals surface area contributed by atoms with Gasteiger partial charge in [-0.15, -0.1) is 0 Å². The lowest BCUT2D eigenvalue weighted by atomic mass is 10.1. The van der Waals surface area contributed by atoms with E-state index in [9.17, 15) is 19.4 Å². The minimum atomic E-state index is -1.30. The molecule has 17 heavy (non-hydrogen) atoms. The highest BCUT2D eigenvalue weighted by atomic mass is 35.5. The smallest absolute Gasteiger partial charge is 0.185 e. The number of thioether (sulfide) groups is 1. The monoisotopic (exact) mass is 279 g/mol. The van der Waals surface area contributed by atoms with E-state index in [4.69, 9.17) is 11.6 Å². The number of nitrogens with zero attached hydrogens (tertiary/aromatic N) is 1. The van der Waals surface area contributed by atoms with Gasteiger partial charge in [-0.2, -0.15) is 0 Å². The van der Waals surface area contributed by atoms with Crippen molar-refractivity contribution in [2.24, 2.45) is 0 Å². The molecule has 94 valence electrons. The largest absolute Gasteiger partial charge is 0.389 e. The first-order chi connectivity index (χ1) is 7.91. The molecule has 1 heterocycles. The van der Waals surface area contributed by atoms with Crippen LogP contribution in [0.1, 0.15) is 18.6 Å². The third-order valence-electron chi connectivity index (χ3n) is 1.98. The summed E-state index contributed by atoms with van der Waals surface area (Å²) in [6.45, 7) is 1.35. The maximum Gasteiger partial charge on any atom is 0.185 e. The van der Waals surface area contributed by atoms with Crippen LogP contribution in [-0.4, -0.2) is 32.2 Å². The third-order valence-corrected chi connectivity index (χ3v) is 3.17. The lowest BCUT2D eigenvalue weighted by Gasteiger charge is -2.17. The second-order valence-corrected chi connectivity index (χ2v) is 4.91. The molecule has 0 aliphatic rings. The Morgan fingerprint density at radius 3 is 2.82 bits per heavy atom. The highest BCUT2D eigenvalue weighted by molar-refractivity contribution is 8.13. The van der Waals surface area contributed by atoms with Crippen LogP contribution in [0.5, 0.6) is 0 Å². The quantitative estimate of drug-likeness (QED) is 0.819. The molecular formula is C10H11ClFNO3S. The van der Waals surface area contributed by atoms with Crippen molar-refractivity contribution >= 4 is 28.5 Å². The molecular weight excluding hydrogens is 269 g/mol. The van der Waals surface area contributed by atoms with Gasteiger partial charge >= 0.3 is 0 Å². The van der Waals surface area contributed by atoms with Crippen LogP contribution in [0.15, 0.2) is 12.3 Å². The highest BCUT2D eigenvalue weighted by Crippen LogP contribution is 2.22. The van der Waals surface area contributed by atoms with Crippen LogP contribution in [0.25, 0.3) is 0 Å². The van der Waals surface area contributed by atoms with E-state index < -0.39 is 18.0 Å². The summed E-state index contributed by atoms with van der Waals surface area (Å²) < 4.78 is 13.1. The average molecular weight is 280 g/mol. The van der Waals surface area contributed by atoms with E-state index in [1.165, 1.54) is 13.1 Å². The van der Waals surface area contributed by atoms with Crippen LogP contribution in [0, 0.1) is 5.82 Å². The number of pyridine rings is 1. The molecule has 1 aromatic rings. The van der Waals surface area contributed by atoms with Crippen molar-refractivity contribution in [1.82, 2.24) is 4.98 Å². The molecule has 1 aromatic heterocycles.